The Morgan fingerprint density at radius 2 is 2.00 bits per heavy atom. The molecular weight excluding hydrogens is 416 g/mol. The lowest BCUT2D eigenvalue weighted by molar-refractivity contribution is 0.102. The van der Waals surface area contributed by atoms with Crippen LogP contribution in [0.4, 0.5) is 5.95 Å². The summed E-state index contributed by atoms with van der Waals surface area (Å²) in [4.78, 5) is 17.2. The van der Waals surface area contributed by atoms with Gasteiger partial charge in [0.25, 0.3) is 5.91 Å². The van der Waals surface area contributed by atoms with Gasteiger partial charge in [0.15, 0.2) is 0 Å². The summed E-state index contributed by atoms with van der Waals surface area (Å²) in [6.07, 6.45) is 0. The monoisotopic (exact) mass is 436 g/mol. The van der Waals surface area contributed by atoms with Gasteiger partial charge in [0.05, 0.1) is 33.1 Å². The quantitative estimate of drug-likeness (QED) is 0.528. The van der Waals surface area contributed by atoms with Crippen molar-refractivity contribution in [3.05, 3.63) is 53.1 Å². The largest absolute Gasteiger partial charge is 0.383 e. The van der Waals surface area contributed by atoms with Crippen LogP contribution in [0, 0.1) is 0 Å². The molecule has 10 heteroatoms. The van der Waals surface area contributed by atoms with E-state index in [4.69, 9.17) is 16.3 Å². The third-order valence-electron chi connectivity index (χ3n) is 4.29. The average molecular weight is 437 g/mol. The highest BCUT2D eigenvalue weighted by Crippen LogP contribution is 2.24. The minimum atomic E-state index is -3.80. The van der Waals surface area contributed by atoms with E-state index in [9.17, 15) is 13.2 Å². The van der Waals surface area contributed by atoms with Crippen molar-refractivity contribution in [3.8, 4) is 0 Å². The van der Waals surface area contributed by atoms with Gasteiger partial charge in [-0.25, -0.2) is 18.1 Å². The van der Waals surface area contributed by atoms with Crippen LogP contribution in [-0.2, 0) is 21.3 Å². The van der Waals surface area contributed by atoms with Crippen LogP contribution in [0.2, 0.25) is 5.02 Å². The van der Waals surface area contributed by atoms with Gasteiger partial charge in [-0.1, -0.05) is 23.7 Å². The van der Waals surface area contributed by atoms with Crippen molar-refractivity contribution in [1.82, 2.24) is 14.3 Å². The summed E-state index contributed by atoms with van der Waals surface area (Å²) < 4.78 is 33.9. The molecule has 1 amide bonds. The van der Waals surface area contributed by atoms with E-state index in [2.05, 4.69) is 15.0 Å². The number of carbonyl (C=O) groups excluding carboxylic acids is 1. The Hall–Kier alpha value is -2.46. The van der Waals surface area contributed by atoms with E-state index < -0.39 is 15.9 Å². The average Bonchev–Trinajstić information content (AvgIpc) is 3.05. The highest BCUT2D eigenvalue weighted by molar-refractivity contribution is 7.89. The van der Waals surface area contributed by atoms with Gasteiger partial charge < -0.3 is 9.30 Å². The first kappa shape index (κ1) is 21.3. The second kappa shape index (κ2) is 8.91. The summed E-state index contributed by atoms with van der Waals surface area (Å²) in [5, 5.41) is 2.87. The van der Waals surface area contributed by atoms with E-state index in [-0.39, 0.29) is 28.6 Å². The molecule has 1 heterocycles. The van der Waals surface area contributed by atoms with Crippen LogP contribution < -0.4 is 10.0 Å². The third-order valence-corrected chi connectivity index (χ3v) is 6.08. The molecule has 8 nitrogen and oxygen atoms in total. The number of fused-ring (bicyclic) bond motifs is 1. The second-order valence-electron chi connectivity index (χ2n) is 6.15. The molecule has 3 aromatic rings. The summed E-state index contributed by atoms with van der Waals surface area (Å²) in [5.74, 6) is -0.185. The van der Waals surface area contributed by atoms with Gasteiger partial charge >= 0.3 is 0 Å². The SMILES string of the molecule is CCn1c(NC(=O)c2cc(S(=O)(=O)NCCOC)ccc2Cl)nc2ccccc21. The fourth-order valence-corrected chi connectivity index (χ4v) is 4.11. The molecule has 3 rings (SSSR count). The standard InChI is InChI=1S/C19H21ClN4O4S/c1-3-24-17-7-5-4-6-16(17)22-19(24)23-18(25)14-12-13(8-9-15(14)20)29(26,27)21-10-11-28-2/h4-9,12,21H,3,10-11H2,1-2H3,(H,22,23,25). The molecule has 0 aliphatic rings. The molecular formula is C19H21ClN4O4S. The fraction of sp³-hybridized carbons (Fsp3) is 0.263. The zero-order valence-corrected chi connectivity index (χ0v) is 17.5. The lowest BCUT2D eigenvalue weighted by Crippen LogP contribution is -2.27. The Bertz CT molecular complexity index is 1140. The third kappa shape index (κ3) is 4.59. The number of benzene rings is 2. The van der Waals surface area contributed by atoms with Crippen LogP contribution in [0.25, 0.3) is 11.0 Å². The Morgan fingerprint density at radius 1 is 1.24 bits per heavy atom. The van der Waals surface area contributed by atoms with Gasteiger partial charge in [-0.2, -0.15) is 0 Å². The summed E-state index contributed by atoms with van der Waals surface area (Å²) in [6.45, 7) is 2.88. The van der Waals surface area contributed by atoms with Crippen LogP contribution in [0.15, 0.2) is 47.4 Å². The number of aryl methyl sites for hydroxylation is 1. The molecule has 29 heavy (non-hydrogen) atoms. The molecule has 2 aromatic carbocycles. The van der Waals surface area contributed by atoms with Crippen LogP contribution in [0.3, 0.4) is 0 Å². The first-order valence-corrected chi connectivity index (χ1v) is 10.8. The summed E-state index contributed by atoms with van der Waals surface area (Å²) >= 11 is 6.16. The maximum atomic E-state index is 12.8. The van der Waals surface area contributed by atoms with Crippen molar-refractivity contribution in [2.45, 2.75) is 18.4 Å². The molecule has 2 N–H and O–H groups in total. The molecule has 0 saturated carbocycles. The normalized spacial score (nSPS) is 11.7. The van der Waals surface area contributed by atoms with Crippen molar-refractivity contribution < 1.29 is 17.9 Å². The fourth-order valence-electron chi connectivity index (χ4n) is 2.87. The predicted molar refractivity (Wildman–Crippen MR) is 112 cm³/mol. The number of nitrogens with zero attached hydrogens (tertiary/aromatic N) is 2. The molecule has 0 bridgehead atoms. The van der Waals surface area contributed by atoms with Gasteiger partial charge in [-0.3, -0.25) is 10.1 Å². The van der Waals surface area contributed by atoms with Crippen LogP contribution in [0.5, 0.6) is 0 Å². The summed E-state index contributed by atoms with van der Waals surface area (Å²) in [6, 6.07) is 11.5. The molecule has 0 fully saturated rings. The maximum absolute atomic E-state index is 12.8. The van der Waals surface area contributed by atoms with Crippen LogP contribution in [0.1, 0.15) is 17.3 Å². The highest BCUT2D eigenvalue weighted by atomic mass is 35.5. The number of amides is 1. The molecule has 0 spiro atoms. The van der Waals surface area contributed by atoms with E-state index in [0.717, 1.165) is 11.0 Å². The van der Waals surface area contributed by atoms with E-state index in [0.29, 0.717) is 12.5 Å². The van der Waals surface area contributed by atoms with Crippen molar-refractivity contribution >= 4 is 44.5 Å². The van der Waals surface area contributed by atoms with Crippen molar-refractivity contribution in [2.75, 3.05) is 25.6 Å². The number of carbonyl (C=O) groups is 1. The van der Waals surface area contributed by atoms with Gasteiger partial charge in [-0.15, -0.1) is 0 Å². The Balaban J connectivity index is 1.90. The Labute approximate surface area is 173 Å². The first-order chi connectivity index (χ1) is 13.9. The van der Waals surface area contributed by atoms with Gasteiger partial charge in [0.1, 0.15) is 0 Å². The number of ether oxygens (including phenoxy) is 1. The number of sulfonamides is 1. The van der Waals surface area contributed by atoms with E-state index in [1.807, 2.05) is 35.8 Å². The number of methoxy groups -OCH3 is 1. The van der Waals surface area contributed by atoms with Crippen LogP contribution >= 0.6 is 11.6 Å². The number of hydrogen-bond donors (Lipinski definition) is 2. The molecule has 0 aliphatic carbocycles. The molecule has 0 saturated heterocycles. The summed E-state index contributed by atoms with van der Waals surface area (Å²) in [7, 11) is -2.33. The van der Waals surface area contributed by atoms with E-state index >= 15 is 0 Å². The number of aromatic nitrogens is 2. The molecule has 154 valence electrons. The van der Waals surface area contributed by atoms with Crippen molar-refractivity contribution in [2.24, 2.45) is 0 Å². The number of anilines is 1. The topological polar surface area (TPSA) is 102 Å². The number of para-hydroxylation sites is 2. The number of hydrogen-bond acceptors (Lipinski definition) is 5. The second-order valence-corrected chi connectivity index (χ2v) is 8.33. The zero-order chi connectivity index (χ0) is 21.0. The predicted octanol–water partition coefficient (Wildman–Crippen LogP) is 2.89. The van der Waals surface area contributed by atoms with E-state index in [1.54, 1.807) is 0 Å². The number of imidazole rings is 1. The lowest BCUT2D eigenvalue weighted by atomic mass is 10.2. The van der Waals surface area contributed by atoms with E-state index in [1.165, 1.54) is 25.3 Å². The molecule has 0 aliphatic heterocycles. The van der Waals surface area contributed by atoms with Crippen molar-refractivity contribution in [3.63, 3.8) is 0 Å². The molecule has 0 atom stereocenters. The number of nitrogens with one attached hydrogen (secondary N) is 2. The number of rotatable bonds is 8. The van der Waals surface area contributed by atoms with Gasteiger partial charge in [0, 0.05) is 20.2 Å². The zero-order valence-electron chi connectivity index (χ0n) is 16.0. The van der Waals surface area contributed by atoms with Gasteiger partial charge in [0.2, 0.25) is 16.0 Å². The smallest absolute Gasteiger partial charge is 0.259 e. The van der Waals surface area contributed by atoms with Gasteiger partial charge in [-0.05, 0) is 37.3 Å². The lowest BCUT2D eigenvalue weighted by Gasteiger charge is -2.11. The van der Waals surface area contributed by atoms with Crippen LogP contribution in [-0.4, -0.2) is 44.1 Å². The molecule has 0 radical (unpaired) electrons. The Kier molecular flexibility index (Phi) is 6.53. The molecule has 0 unspecified atom stereocenters. The Morgan fingerprint density at radius 3 is 2.72 bits per heavy atom. The molecule has 1 aromatic heterocycles. The minimum Gasteiger partial charge on any atom is -0.383 e. The first-order valence-electron chi connectivity index (χ1n) is 8.92. The highest BCUT2D eigenvalue weighted by Gasteiger charge is 2.20. The summed E-state index contributed by atoms with van der Waals surface area (Å²) in [5.41, 5.74) is 1.67. The minimum absolute atomic E-state index is 0.0380. The number of halogens is 1. The maximum Gasteiger partial charge on any atom is 0.259 e. The van der Waals surface area contributed by atoms with Crippen molar-refractivity contribution in [1.29, 1.82) is 0 Å².